The molecule has 19 heavy (non-hydrogen) atoms. The van der Waals surface area contributed by atoms with Crippen molar-refractivity contribution in [3.05, 3.63) is 0 Å². The number of carbonyl (C=O) groups excluding carboxylic acids is 1. The van der Waals surface area contributed by atoms with Gasteiger partial charge in [0, 0.05) is 26.7 Å². The monoisotopic (exact) mass is 272 g/mol. The Kier molecular flexibility index (Phi) is 5.29. The van der Waals surface area contributed by atoms with E-state index in [1.165, 1.54) is 0 Å². The number of methoxy groups -OCH3 is 1. The van der Waals surface area contributed by atoms with E-state index in [9.17, 15) is 9.59 Å². The van der Waals surface area contributed by atoms with E-state index in [1.54, 1.807) is 7.11 Å². The van der Waals surface area contributed by atoms with E-state index < -0.39 is 12.1 Å². The van der Waals surface area contributed by atoms with Crippen molar-refractivity contribution in [2.75, 3.05) is 20.3 Å². The maximum absolute atomic E-state index is 11.8. The number of rotatable bonds is 7. The topological polar surface area (TPSA) is 97.2 Å². The first-order valence-electron chi connectivity index (χ1n) is 6.08. The van der Waals surface area contributed by atoms with Gasteiger partial charge >= 0.3 is 5.97 Å². The molecule has 0 spiro atoms. The van der Waals surface area contributed by atoms with Gasteiger partial charge in [-0.05, 0) is 11.8 Å². The van der Waals surface area contributed by atoms with Crippen molar-refractivity contribution in [2.24, 2.45) is 10.6 Å². The molecule has 1 amide bonds. The number of hydrogen-bond acceptors (Lipinski definition) is 5. The average Bonchev–Trinajstić information content (AvgIpc) is 2.83. The van der Waals surface area contributed by atoms with Gasteiger partial charge < -0.3 is 20.0 Å². The van der Waals surface area contributed by atoms with Crippen molar-refractivity contribution in [3.8, 4) is 0 Å². The SMILES string of the molecule is COCCC(C)(C)CNC(=O)C1CC(C(=O)O)=NO1. The summed E-state index contributed by atoms with van der Waals surface area (Å²) in [7, 11) is 1.63. The van der Waals surface area contributed by atoms with Crippen LogP contribution >= 0.6 is 0 Å². The third kappa shape index (κ3) is 4.86. The van der Waals surface area contributed by atoms with Gasteiger partial charge in [-0.25, -0.2) is 4.79 Å². The lowest BCUT2D eigenvalue weighted by atomic mass is 9.89. The van der Waals surface area contributed by atoms with E-state index in [2.05, 4.69) is 10.5 Å². The van der Waals surface area contributed by atoms with Gasteiger partial charge in [-0.1, -0.05) is 19.0 Å². The summed E-state index contributed by atoms with van der Waals surface area (Å²) in [6.45, 7) is 5.12. The van der Waals surface area contributed by atoms with Crippen LogP contribution in [0.2, 0.25) is 0 Å². The molecule has 1 unspecified atom stereocenters. The van der Waals surface area contributed by atoms with Crippen LogP contribution in [0, 0.1) is 5.41 Å². The fourth-order valence-corrected chi connectivity index (χ4v) is 1.55. The number of amides is 1. The molecular formula is C12H20N2O5. The number of nitrogens with zero attached hydrogens (tertiary/aromatic N) is 1. The molecule has 0 fully saturated rings. The summed E-state index contributed by atoms with van der Waals surface area (Å²) < 4.78 is 5.00. The summed E-state index contributed by atoms with van der Waals surface area (Å²) in [5.74, 6) is -1.50. The Hall–Kier alpha value is -1.63. The Morgan fingerprint density at radius 3 is 2.79 bits per heavy atom. The van der Waals surface area contributed by atoms with Crippen molar-refractivity contribution < 1.29 is 24.3 Å². The summed E-state index contributed by atoms with van der Waals surface area (Å²) in [5.41, 5.74) is -0.223. The van der Waals surface area contributed by atoms with E-state index in [0.29, 0.717) is 13.2 Å². The van der Waals surface area contributed by atoms with Crippen LogP contribution < -0.4 is 5.32 Å². The number of nitrogens with one attached hydrogen (secondary N) is 1. The van der Waals surface area contributed by atoms with E-state index in [-0.39, 0.29) is 23.5 Å². The summed E-state index contributed by atoms with van der Waals surface area (Å²) in [6.07, 6.45) is -0.0319. The maximum atomic E-state index is 11.8. The summed E-state index contributed by atoms with van der Waals surface area (Å²) >= 11 is 0. The zero-order chi connectivity index (χ0) is 14.5. The molecule has 0 aromatic carbocycles. The highest BCUT2D eigenvalue weighted by atomic mass is 16.6. The van der Waals surface area contributed by atoms with Crippen LogP contribution in [-0.2, 0) is 19.2 Å². The van der Waals surface area contributed by atoms with Crippen molar-refractivity contribution in [3.63, 3.8) is 0 Å². The van der Waals surface area contributed by atoms with Crippen molar-refractivity contribution in [1.82, 2.24) is 5.32 Å². The number of carbonyl (C=O) groups is 2. The Morgan fingerprint density at radius 1 is 1.58 bits per heavy atom. The quantitative estimate of drug-likeness (QED) is 0.699. The average molecular weight is 272 g/mol. The second-order valence-electron chi connectivity index (χ2n) is 5.27. The van der Waals surface area contributed by atoms with Gasteiger partial charge in [-0.2, -0.15) is 0 Å². The largest absolute Gasteiger partial charge is 0.477 e. The Bertz CT molecular complexity index is 378. The predicted molar refractivity (Wildman–Crippen MR) is 67.8 cm³/mol. The van der Waals surface area contributed by atoms with Crippen LogP contribution in [0.1, 0.15) is 26.7 Å². The summed E-state index contributed by atoms with van der Waals surface area (Å²) in [4.78, 5) is 27.3. The Balaban J connectivity index is 2.35. The number of ether oxygens (including phenoxy) is 1. The van der Waals surface area contributed by atoms with E-state index in [1.807, 2.05) is 13.8 Å². The molecule has 0 bridgehead atoms. The molecule has 0 saturated carbocycles. The smallest absolute Gasteiger partial charge is 0.353 e. The van der Waals surface area contributed by atoms with Crippen LogP contribution in [0.25, 0.3) is 0 Å². The molecule has 1 atom stereocenters. The van der Waals surface area contributed by atoms with Gasteiger partial charge in [-0.15, -0.1) is 0 Å². The number of carboxylic acid groups (broad SMARTS) is 1. The predicted octanol–water partition coefficient (Wildman–Crippen LogP) is 0.395. The first-order chi connectivity index (χ1) is 8.85. The standard InChI is InChI=1S/C12H20N2O5/c1-12(2,4-5-18-3)7-13-10(15)9-6-8(11(16)17)14-19-9/h9H,4-7H2,1-3H3,(H,13,15)(H,16,17). The van der Waals surface area contributed by atoms with Crippen LogP contribution in [-0.4, -0.2) is 49.1 Å². The minimum atomic E-state index is -1.16. The molecule has 0 radical (unpaired) electrons. The number of oxime groups is 1. The molecule has 1 aliphatic rings. The van der Waals surface area contributed by atoms with Crippen molar-refractivity contribution in [1.29, 1.82) is 0 Å². The zero-order valence-corrected chi connectivity index (χ0v) is 11.4. The fraction of sp³-hybridized carbons (Fsp3) is 0.750. The molecule has 7 heteroatoms. The molecule has 0 aromatic rings. The number of carboxylic acids is 1. The van der Waals surface area contributed by atoms with Crippen LogP contribution in [0.15, 0.2) is 5.16 Å². The molecular weight excluding hydrogens is 252 g/mol. The molecule has 0 aromatic heterocycles. The Labute approximate surface area is 111 Å². The third-order valence-corrected chi connectivity index (χ3v) is 2.93. The maximum Gasteiger partial charge on any atom is 0.353 e. The Morgan fingerprint density at radius 2 is 2.26 bits per heavy atom. The first kappa shape index (κ1) is 15.4. The molecule has 7 nitrogen and oxygen atoms in total. The van der Waals surface area contributed by atoms with Gasteiger partial charge in [0.15, 0.2) is 5.71 Å². The lowest BCUT2D eigenvalue weighted by molar-refractivity contribution is -0.131. The van der Waals surface area contributed by atoms with Gasteiger partial charge in [-0.3, -0.25) is 4.79 Å². The molecule has 1 heterocycles. The zero-order valence-electron chi connectivity index (χ0n) is 11.4. The normalized spacial score (nSPS) is 18.7. The second kappa shape index (κ2) is 6.51. The van der Waals surface area contributed by atoms with Crippen LogP contribution in [0.3, 0.4) is 0 Å². The molecule has 0 aliphatic carbocycles. The highest BCUT2D eigenvalue weighted by Gasteiger charge is 2.32. The van der Waals surface area contributed by atoms with E-state index in [4.69, 9.17) is 14.7 Å². The van der Waals surface area contributed by atoms with Crippen molar-refractivity contribution >= 4 is 17.6 Å². The number of hydrogen-bond donors (Lipinski definition) is 2. The van der Waals surface area contributed by atoms with Gasteiger partial charge in [0.2, 0.25) is 6.10 Å². The molecule has 0 saturated heterocycles. The van der Waals surface area contributed by atoms with Crippen LogP contribution in [0.5, 0.6) is 0 Å². The van der Waals surface area contributed by atoms with Gasteiger partial charge in [0.1, 0.15) is 0 Å². The third-order valence-electron chi connectivity index (χ3n) is 2.93. The number of aliphatic carboxylic acids is 1. The first-order valence-corrected chi connectivity index (χ1v) is 6.08. The molecule has 2 N–H and O–H groups in total. The van der Waals surface area contributed by atoms with Crippen molar-refractivity contribution in [2.45, 2.75) is 32.8 Å². The summed E-state index contributed by atoms with van der Waals surface area (Å²) in [6, 6.07) is 0. The van der Waals surface area contributed by atoms with Crippen LogP contribution in [0.4, 0.5) is 0 Å². The second-order valence-corrected chi connectivity index (χ2v) is 5.27. The highest BCUT2D eigenvalue weighted by molar-refractivity contribution is 6.36. The lowest BCUT2D eigenvalue weighted by Gasteiger charge is -2.25. The van der Waals surface area contributed by atoms with Gasteiger partial charge in [0.25, 0.3) is 5.91 Å². The highest BCUT2D eigenvalue weighted by Crippen LogP contribution is 2.19. The molecule has 1 rings (SSSR count). The van der Waals surface area contributed by atoms with E-state index >= 15 is 0 Å². The van der Waals surface area contributed by atoms with Gasteiger partial charge in [0.05, 0.1) is 0 Å². The lowest BCUT2D eigenvalue weighted by Crippen LogP contribution is -2.40. The minimum absolute atomic E-state index is 0.000331. The minimum Gasteiger partial charge on any atom is -0.477 e. The van der Waals surface area contributed by atoms with E-state index in [0.717, 1.165) is 6.42 Å². The summed E-state index contributed by atoms with van der Waals surface area (Å²) in [5, 5.41) is 14.8. The fourth-order valence-electron chi connectivity index (χ4n) is 1.55. The molecule has 108 valence electrons. The molecule has 1 aliphatic heterocycles.